The number of aliphatic hydroxyl groups is 1. The topological polar surface area (TPSA) is 120 Å². The number of likely N-dealkylation sites (N-methyl/N-ethyl adjacent to an activating group) is 2. The molecule has 172 valence electrons. The number of nitrogens with zero attached hydrogens (tertiary/aromatic N) is 3. The van der Waals surface area contributed by atoms with Crippen molar-refractivity contribution in [3.05, 3.63) is 75.5 Å². The van der Waals surface area contributed by atoms with Gasteiger partial charge in [0.1, 0.15) is 11.9 Å². The molecule has 2 atom stereocenters. The number of aromatic amines is 1. The Morgan fingerprint density at radius 3 is 2.48 bits per heavy atom. The molecule has 1 aromatic heterocycles. The van der Waals surface area contributed by atoms with Crippen LogP contribution in [0.3, 0.4) is 0 Å². The lowest BCUT2D eigenvalue weighted by molar-refractivity contribution is -0.385. The van der Waals surface area contributed by atoms with E-state index in [9.17, 15) is 33.6 Å². The molecule has 2 amide bonds. The molecule has 0 unspecified atom stereocenters. The lowest BCUT2D eigenvalue weighted by Crippen LogP contribution is -2.71. The van der Waals surface area contributed by atoms with E-state index < -0.39 is 52.2 Å². The maximum absolute atomic E-state index is 14.2. The molecule has 2 heterocycles. The molecular formula is C22H20F2N4O5. The summed E-state index contributed by atoms with van der Waals surface area (Å²) in [5, 5.41) is 22.5. The predicted octanol–water partition coefficient (Wildman–Crippen LogP) is 2.13. The molecule has 11 heteroatoms. The van der Waals surface area contributed by atoms with E-state index in [2.05, 4.69) is 4.98 Å². The minimum absolute atomic E-state index is 0.00324. The van der Waals surface area contributed by atoms with Crippen LogP contribution >= 0.6 is 0 Å². The van der Waals surface area contributed by atoms with Gasteiger partial charge >= 0.3 is 5.69 Å². The highest BCUT2D eigenvalue weighted by Gasteiger charge is 2.53. The van der Waals surface area contributed by atoms with Crippen LogP contribution in [0.1, 0.15) is 11.1 Å². The van der Waals surface area contributed by atoms with Gasteiger partial charge in [0.05, 0.1) is 15.8 Å². The molecule has 0 bridgehead atoms. The highest BCUT2D eigenvalue weighted by Crippen LogP contribution is 2.34. The molecule has 0 aliphatic carbocycles. The molecule has 1 saturated heterocycles. The van der Waals surface area contributed by atoms with Crippen LogP contribution in [0.2, 0.25) is 0 Å². The number of carbonyl (C=O) groups excluding carboxylic acids is 2. The number of carbonyl (C=O) groups is 2. The lowest BCUT2D eigenvalue weighted by Gasteiger charge is -2.47. The molecule has 0 radical (unpaired) electrons. The predicted molar refractivity (Wildman–Crippen MR) is 113 cm³/mol. The minimum atomic E-state index is -2.32. The number of rotatable bonds is 5. The maximum atomic E-state index is 14.2. The summed E-state index contributed by atoms with van der Waals surface area (Å²) < 4.78 is 28.3. The van der Waals surface area contributed by atoms with Crippen LogP contribution < -0.4 is 0 Å². The van der Waals surface area contributed by atoms with Gasteiger partial charge in [0.25, 0.3) is 5.91 Å². The monoisotopic (exact) mass is 458 g/mol. The smallest absolute Gasteiger partial charge is 0.314 e. The number of nitrogens with one attached hydrogen (secondary N) is 1. The summed E-state index contributed by atoms with van der Waals surface area (Å²) in [5.74, 6) is -3.13. The number of benzene rings is 2. The highest BCUT2D eigenvalue weighted by molar-refractivity contribution is 5.99. The van der Waals surface area contributed by atoms with Crippen molar-refractivity contribution >= 4 is 28.4 Å². The zero-order valence-corrected chi connectivity index (χ0v) is 17.7. The number of hydrogen-bond donors (Lipinski definition) is 2. The largest absolute Gasteiger partial charge is 0.363 e. The Labute approximate surface area is 186 Å². The third kappa shape index (κ3) is 3.50. The fourth-order valence-electron chi connectivity index (χ4n) is 4.26. The molecular weight excluding hydrogens is 438 g/mol. The number of aromatic nitrogens is 1. The third-order valence-electron chi connectivity index (χ3n) is 6.14. The van der Waals surface area contributed by atoms with Gasteiger partial charge in [-0.1, -0.05) is 18.2 Å². The van der Waals surface area contributed by atoms with E-state index in [0.717, 1.165) is 15.9 Å². The molecule has 9 nitrogen and oxygen atoms in total. The van der Waals surface area contributed by atoms with E-state index >= 15 is 0 Å². The van der Waals surface area contributed by atoms with E-state index in [1.165, 1.54) is 44.6 Å². The SMILES string of the molecule is CN1C(=O)[C@](O)(Cc2ccccc2F)N(C)C(=O)[C@@H]1Cc1c[nH]c2ccc(F)c([N+](=O)[O-])c12. The summed E-state index contributed by atoms with van der Waals surface area (Å²) in [4.78, 5) is 41.6. The van der Waals surface area contributed by atoms with Gasteiger partial charge in [-0.25, -0.2) is 4.39 Å². The van der Waals surface area contributed by atoms with E-state index in [-0.39, 0.29) is 22.9 Å². The number of halogens is 2. The molecule has 1 aliphatic rings. The maximum Gasteiger partial charge on any atom is 0.314 e. The first-order valence-corrected chi connectivity index (χ1v) is 9.99. The van der Waals surface area contributed by atoms with Crippen molar-refractivity contribution in [2.45, 2.75) is 24.6 Å². The summed E-state index contributed by atoms with van der Waals surface area (Å²) >= 11 is 0. The van der Waals surface area contributed by atoms with Gasteiger partial charge in [-0.05, 0) is 29.3 Å². The number of hydrogen-bond acceptors (Lipinski definition) is 5. The van der Waals surface area contributed by atoms with Crippen molar-refractivity contribution in [3.63, 3.8) is 0 Å². The summed E-state index contributed by atoms with van der Waals surface area (Å²) in [5.41, 5.74) is -2.42. The highest BCUT2D eigenvalue weighted by atomic mass is 19.1. The van der Waals surface area contributed by atoms with Crippen LogP contribution in [0.5, 0.6) is 0 Å². The number of piperazine rings is 1. The number of nitro benzene ring substituents is 1. The van der Waals surface area contributed by atoms with Crippen LogP contribution in [0.15, 0.2) is 42.6 Å². The Bertz CT molecular complexity index is 1290. The third-order valence-corrected chi connectivity index (χ3v) is 6.14. The van der Waals surface area contributed by atoms with E-state index in [4.69, 9.17) is 0 Å². The fourth-order valence-corrected chi connectivity index (χ4v) is 4.26. The Kier molecular flexibility index (Phi) is 5.36. The van der Waals surface area contributed by atoms with Crippen molar-refractivity contribution in [1.82, 2.24) is 14.8 Å². The van der Waals surface area contributed by atoms with Crippen molar-refractivity contribution in [1.29, 1.82) is 0 Å². The summed E-state index contributed by atoms with van der Waals surface area (Å²) in [7, 11) is 2.55. The van der Waals surface area contributed by atoms with E-state index in [1.807, 2.05) is 0 Å². The number of H-pyrrole nitrogens is 1. The Balaban J connectivity index is 1.69. The number of fused-ring (bicyclic) bond motifs is 1. The Hall–Kier alpha value is -3.86. The van der Waals surface area contributed by atoms with Crippen LogP contribution in [0, 0.1) is 21.7 Å². The quantitative estimate of drug-likeness (QED) is 0.448. The van der Waals surface area contributed by atoms with Gasteiger partial charge in [0.2, 0.25) is 17.4 Å². The standard InChI is InChI=1S/C22H20F2N4O5/c1-26-17(9-13-11-25-16-8-7-15(24)19(18(13)16)28(32)33)20(29)27(2)22(31,21(26)30)10-12-5-3-4-6-14(12)23/h3-8,11,17,25,31H,9-10H2,1-2H3/t17-,22+/m0/s1. The average Bonchev–Trinajstić information content (AvgIpc) is 3.18. The van der Waals surface area contributed by atoms with Gasteiger partial charge < -0.3 is 19.9 Å². The van der Waals surface area contributed by atoms with Crippen molar-refractivity contribution in [2.75, 3.05) is 14.1 Å². The van der Waals surface area contributed by atoms with Gasteiger partial charge in [0.15, 0.2) is 0 Å². The zero-order chi connectivity index (χ0) is 24.1. The van der Waals surface area contributed by atoms with Crippen molar-refractivity contribution in [2.24, 2.45) is 0 Å². The van der Waals surface area contributed by atoms with Crippen LogP contribution in [0.4, 0.5) is 14.5 Å². The fraction of sp³-hybridized carbons (Fsp3) is 0.273. The van der Waals surface area contributed by atoms with Crippen LogP contribution in [-0.4, -0.2) is 62.5 Å². The molecule has 1 aliphatic heterocycles. The first kappa shape index (κ1) is 22.3. The summed E-state index contributed by atoms with van der Waals surface area (Å²) in [6.07, 6.45) is 0.801. The second kappa shape index (κ2) is 7.93. The first-order chi connectivity index (χ1) is 15.6. The Morgan fingerprint density at radius 2 is 1.82 bits per heavy atom. The summed E-state index contributed by atoms with van der Waals surface area (Å²) in [6.45, 7) is 0. The van der Waals surface area contributed by atoms with Crippen LogP contribution in [-0.2, 0) is 22.4 Å². The summed E-state index contributed by atoms with van der Waals surface area (Å²) in [6, 6.07) is 6.80. The number of amides is 2. The van der Waals surface area contributed by atoms with Crippen molar-refractivity contribution in [3.8, 4) is 0 Å². The zero-order valence-electron chi connectivity index (χ0n) is 17.7. The normalized spacial score (nSPS) is 21.2. The molecule has 1 fully saturated rings. The van der Waals surface area contributed by atoms with E-state index in [0.29, 0.717) is 5.52 Å². The molecule has 3 aromatic rings. The van der Waals surface area contributed by atoms with Gasteiger partial charge in [-0.3, -0.25) is 19.7 Å². The molecule has 33 heavy (non-hydrogen) atoms. The second-order valence-electron chi connectivity index (χ2n) is 8.01. The number of nitro groups is 1. The van der Waals surface area contributed by atoms with Gasteiger partial charge in [-0.2, -0.15) is 4.39 Å². The second-order valence-corrected chi connectivity index (χ2v) is 8.01. The molecule has 0 saturated carbocycles. The lowest BCUT2D eigenvalue weighted by atomic mass is 9.92. The molecule has 2 aromatic carbocycles. The Morgan fingerprint density at radius 1 is 1.12 bits per heavy atom. The van der Waals surface area contributed by atoms with Gasteiger partial charge in [0, 0.05) is 33.1 Å². The minimum Gasteiger partial charge on any atom is -0.363 e. The molecule has 0 spiro atoms. The van der Waals surface area contributed by atoms with E-state index in [1.54, 1.807) is 6.07 Å². The first-order valence-electron chi connectivity index (χ1n) is 9.99. The molecule has 4 rings (SSSR count). The van der Waals surface area contributed by atoms with Gasteiger partial charge in [-0.15, -0.1) is 0 Å². The average molecular weight is 458 g/mol. The van der Waals surface area contributed by atoms with Crippen LogP contribution in [0.25, 0.3) is 10.9 Å². The van der Waals surface area contributed by atoms with Crippen molar-refractivity contribution < 1.29 is 28.4 Å². The molecule has 2 N–H and O–H groups in total.